The minimum absolute atomic E-state index is 0.242. The molecule has 0 saturated heterocycles. The third kappa shape index (κ3) is 4.94. The lowest BCUT2D eigenvalue weighted by molar-refractivity contribution is 0.0697. The molecule has 2 N–H and O–H groups in total. The van der Waals surface area contributed by atoms with E-state index >= 15 is 0 Å². The van der Waals surface area contributed by atoms with E-state index in [1.807, 2.05) is 36.4 Å². The number of nitrogens with one attached hydrogen (secondary N) is 1. The molecule has 0 unspecified atom stereocenters. The van der Waals surface area contributed by atoms with Crippen molar-refractivity contribution in [3.05, 3.63) is 90.3 Å². The van der Waals surface area contributed by atoms with Crippen LogP contribution in [0.5, 0.6) is 5.75 Å². The maximum atomic E-state index is 11.0. The fraction of sp³-hybridized carbons (Fsp3) is 0.0417. The monoisotopic (exact) mass is 647 g/mol. The van der Waals surface area contributed by atoms with Crippen LogP contribution in [0.3, 0.4) is 0 Å². The van der Waals surface area contributed by atoms with Crippen molar-refractivity contribution in [2.45, 2.75) is 6.61 Å². The predicted molar refractivity (Wildman–Crippen MR) is 139 cm³/mol. The number of hydrogen-bond acceptors (Lipinski definition) is 4. The Kier molecular flexibility index (Phi) is 6.76. The average molecular weight is 647 g/mol. The van der Waals surface area contributed by atoms with Crippen LogP contribution >= 0.6 is 45.2 Å². The third-order valence-corrected chi connectivity index (χ3v) is 6.28. The number of imidazole rings is 1. The van der Waals surface area contributed by atoms with E-state index in [1.54, 1.807) is 30.3 Å². The first kappa shape index (κ1) is 22.3. The summed E-state index contributed by atoms with van der Waals surface area (Å²) < 4.78 is 7.81. The number of carboxylic acids is 1. The molecule has 4 aromatic rings. The molecule has 6 nitrogen and oxygen atoms in total. The Morgan fingerprint density at radius 1 is 1.12 bits per heavy atom. The molecule has 158 valence electrons. The van der Waals surface area contributed by atoms with E-state index in [-0.39, 0.29) is 5.56 Å². The van der Waals surface area contributed by atoms with Crippen LogP contribution in [0.2, 0.25) is 0 Å². The third-order valence-electron chi connectivity index (χ3n) is 4.68. The largest absolute Gasteiger partial charge is 0.487 e. The second-order valence-electron chi connectivity index (χ2n) is 6.88. The summed E-state index contributed by atoms with van der Waals surface area (Å²) in [6, 6.07) is 20.4. The van der Waals surface area contributed by atoms with Gasteiger partial charge in [-0.3, -0.25) is 0 Å². The van der Waals surface area contributed by atoms with Gasteiger partial charge in [-0.1, -0.05) is 24.3 Å². The van der Waals surface area contributed by atoms with Gasteiger partial charge in [0.2, 0.25) is 0 Å². The second kappa shape index (κ2) is 9.70. The highest BCUT2D eigenvalue weighted by Crippen LogP contribution is 2.31. The van der Waals surface area contributed by atoms with Gasteiger partial charge in [0.1, 0.15) is 24.3 Å². The van der Waals surface area contributed by atoms with Crippen molar-refractivity contribution in [1.82, 2.24) is 9.97 Å². The molecule has 8 heteroatoms. The highest BCUT2D eigenvalue weighted by atomic mass is 127. The minimum atomic E-state index is -0.954. The number of aromatic carboxylic acids is 1. The van der Waals surface area contributed by atoms with Crippen molar-refractivity contribution in [3.63, 3.8) is 0 Å². The van der Waals surface area contributed by atoms with Crippen LogP contribution in [0.1, 0.15) is 27.3 Å². The van der Waals surface area contributed by atoms with E-state index in [2.05, 4.69) is 61.2 Å². The summed E-state index contributed by atoms with van der Waals surface area (Å²) in [5.74, 6) is 0.321. The topological polar surface area (TPSA) is 99.0 Å². The summed E-state index contributed by atoms with van der Waals surface area (Å²) in [5.41, 5.74) is 4.13. The molecular weight excluding hydrogens is 632 g/mol. The standard InChI is InChI=1S/C24H15I2N3O3/c25-18-10-15(9-17(12-27)23-28-20-3-1-2-4-21(20)29-23)11-19(26)22(18)32-13-14-5-7-16(8-6-14)24(30)31/h1-11H,13H2,(H,28,29)(H,30,31)/b17-9-. The van der Waals surface area contributed by atoms with Crippen molar-refractivity contribution in [1.29, 1.82) is 5.26 Å². The Balaban J connectivity index is 1.56. The normalized spacial score (nSPS) is 11.3. The number of H-pyrrole nitrogens is 1. The fourth-order valence-corrected chi connectivity index (χ4v) is 5.23. The summed E-state index contributed by atoms with van der Waals surface area (Å²) in [7, 11) is 0. The van der Waals surface area contributed by atoms with Gasteiger partial charge in [0.15, 0.2) is 0 Å². The van der Waals surface area contributed by atoms with Gasteiger partial charge in [-0.15, -0.1) is 0 Å². The van der Waals surface area contributed by atoms with E-state index in [4.69, 9.17) is 9.84 Å². The quantitative estimate of drug-likeness (QED) is 0.195. The summed E-state index contributed by atoms with van der Waals surface area (Å²) >= 11 is 4.42. The molecule has 0 bridgehead atoms. The predicted octanol–water partition coefficient (Wildman–Crippen LogP) is 6.11. The van der Waals surface area contributed by atoms with E-state index < -0.39 is 5.97 Å². The summed E-state index contributed by atoms with van der Waals surface area (Å²) in [5, 5.41) is 18.7. The highest BCUT2D eigenvalue weighted by molar-refractivity contribution is 14.1. The number of carboxylic acid groups (broad SMARTS) is 1. The molecule has 3 aromatic carbocycles. The number of rotatable bonds is 6. The van der Waals surface area contributed by atoms with Gasteiger partial charge in [0, 0.05) is 0 Å². The van der Waals surface area contributed by atoms with Crippen LogP contribution in [-0.2, 0) is 6.61 Å². The summed E-state index contributed by atoms with van der Waals surface area (Å²) in [4.78, 5) is 18.7. The van der Waals surface area contributed by atoms with Crippen LogP contribution in [0, 0.1) is 18.5 Å². The lowest BCUT2D eigenvalue weighted by Gasteiger charge is -2.12. The molecule has 32 heavy (non-hydrogen) atoms. The number of ether oxygens (including phenoxy) is 1. The number of aromatic amines is 1. The maximum absolute atomic E-state index is 11.0. The van der Waals surface area contributed by atoms with Crippen molar-refractivity contribution in [2.75, 3.05) is 0 Å². The Bertz CT molecular complexity index is 1330. The van der Waals surface area contributed by atoms with Crippen LogP contribution in [0.15, 0.2) is 60.7 Å². The first-order valence-corrected chi connectivity index (χ1v) is 11.6. The smallest absolute Gasteiger partial charge is 0.335 e. The number of hydrogen-bond donors (Lipinski definition) is 2. The Morgan fingerprint density at radius 3 is 2.44 bits per heavy atom. The molecule has 0 fully saturated rings. The lowest BCUT2D eigenvalue weighted by atomic mass is 10.1. The zero-order valence-electron chi connectivity index (χ0n) is 16.5. The van der Waals surface area contributed by atoms with E-state index in [9.17, 15) is 10.1 Å². The Morgan fingerprint density at radius 2 is 1.81 bits per heavy atom. The number of benzene rings is 3. The average Bonchev–Trinajstić information content (AvgIpc) is 3.21. The number of fused-ring (bicyclic) bond motifs is 1. The molecule has 4 rings (SSSR count). The first-order valence-electron chi connectivity index (χ1n) is 9.45. The molecule has 0 aliphatic carbocycles. The van der Waals surface area contributed by atoms with Crippen LogP contribution in [0.4, 0.5) is 0 Å². The van der Waals surface area contributed by atoms with Gasteiger partial charge in [-0.25, -0.2) is 9.78 Å². The van der Waals surface area contributed by atoms with Gasteiger partial charge in [-0.2, -0.15) is 5.26 Å². The van der Waals surface area contributed by atoms with Crippen LogP contribution in [-0.4, -0.2) is 21.0 Å². The molecule has 0 amide bonds. The maximum Gasteiger partial charge on any atom is 0.335 e. The molecule has 0 saturated carbocycles. The SMILES string of the molecule is N#C/C(=C/c1cc(I)c(OCc2ccc(C(=O)O)cc2)c(I)c1)c1nc2ccccc2[nH]1. The molecule has 0 spiro atoms. The molecule has 0 aliphatic rings. The molecule has 0 aliphatic heterocycles. The van der Waals surface area contributed by atoms with Crippen LogP contribution in [0.25, 0.3) is 22.7 Å². The number of halogens is 2. The Hall–Kier alpha value is -2.91. The number of aromatic nitrogens is 2. The summed E-state index contributed by atoms with van der Waals surface area (Å²) in [6.45, 7) is 0.323. The van der Waals surface area contributed by atoms with E-state index in [0.29, 0.717) is 18.0 Å². The van der Waals surface area contributed by atoms with E-state index in [0.717, 1.165) is 35.1 Å². The zero-order chi connectivity index (χ0) is 22.7. The van der Waals surface area contributed by atoms with Gasteiger partial charge < -0.3 is 14.8 Å². The number of allylic oxidation sites excluding steroid dienone is 1. The van der Waals surface area contributed by atoms with Gasteiger partial charge in [-0.05, 0) is 98.8 Å². The van der Waals surface area contributed by atoms with Gasteiger partial charge in [0.05, 0.1) is 29.3 Å². The van der Waals surface area contributed by atoms with E-state index in [1.165, 1.54) is 0 Å². The number of carbonyl (C=O) groups is 1. The minimum Gasteiger partial charge on any atom is -0.487 e. The first-order chi connectivity index (χ1) is 15.4. The van der Waals surface area contributed by atoms with Crippen molar-refractivity contribution >= 4 is 73.8 Å². The van der Waals surface area contributed by atoms with Crippen LogP contribution < -0.4 is 4.74 Å². The molecule has 0 atom stereocenters. The molecule has 1 heterocycles. The van der Waals surface area contributed by atoms with Gasteiger partial charge in [0.25, 0.3) is 0 Å². The lowest BCUT2D eigenvalue weighted by Crippen LogP contribution is -2.01. The van der Waals surface area contributed by atoms with Gasteiger partial charge >= 0.3 is 5.97 Å². The molecule has 0 radical (unpaired) electrons. The molecular formula is C24H15I2N3O3. The van der Waals surface area contributed by atoms with Crippen molar-refractivity contribution in [2.24, 2.45) is 0 Å². The fourth-order valence-electron chi connectivity index (χ4n) is 3.10. The molecule has 1 aromatic heterocycles. The van der Waals surface area contributed by atoms with Crippen molar-refractivity contribution < 1.29 is 14.6 Å². The zero-order valence-corrected chi connectivity index (χ0v) is 20.8. The number of nitrogens with zero attached hydrogens (tertiary/aromatic N) is 2. The number of para-hydroxylation sites is 2. The number of nitriles is 1. The second-order valence-corrected chi connectivity index (χ2v) is 9.20. The Labute approximate surface area is 211 Å². The highest BCUT2D eigenvalue weighted by Gasteiger charge is 2.12. The summed E-state index contributed by atoms with van der Waals surface area (Å²) in [6.07, 6.45) is 1.80. The van der Waals surface area contributed by atoms with Crippen molar-refractivity contribution in [3.8, 4) is 11.8 Å².